The van der Waals surface area contributed by atoms with E-state index in [2.05, 4.69) is 36.7 Å². The third-order valence-electron chi connectivity index (χ3n) is 2.40. The lowest BCUT2D eigenvalue weighted by Gasteiger charge is -2.17. The molecule has 0 aliphatic rings. The van der Waals surface area contributed by atoms with Crippen LogP contribution in [0.2, 0.25) is 0 Å². The first kappa shape index (κ1) is 14.4. The second-order valence-electron chi connectivity index (χ2n) is 5.29. The van der Waals surface area contributed by atoms with E-state index in [0.29, 0.717) is 12.2 Å². The highest BCUT2D eigenvalue weighted by Crippen LogP contribution is 2.18. The van der Waals surface area contributed by atoms with Gasteiger partial charge in [0.1, 0.15) is 6.61 Å². The Morgan fingerprint density at radius 3 is 2.35 bits per heavy atom. The molecule has 0 amide bonds. The molecule has 0 unspecified atom stereocenters. The first-order valence-corrected chi connectivity index (χ1v) is 6.54. The van der Waals surface area contributed by atoms with E-state index in [1.54, 1.807) is 12.1 Å². The molecule has 2 nitrogen and oxygen atoms in total. The van der Waals surface area contributed by atoms with E-state index < -0.39 is 0 Å². The minimum Gasteiger partial charge on any atom is -0.373 e. The summed E-state index contributed by atoms with van der Waals surface area (Å²) in [6, 6.07) is 7.34. The summed E-state index contributed by atoms with van der Waals surface area (Å²) in [7, 11) is 0. The zero-order chi connectivity index (χ0) is 12.9. The monoisotopic (exact) mass is 298 g/mol. The van der Waals surface area contributed by atoms with Gasteiger partial charge in [-0.15, -0.1) is 0 Å². The van der Waals surface area contributed by atoms with Gasteiger partial charge in [0.25, 0.3) is 0 Å². The molecule has 0 atom stereocenters. The molecule has 1 aromatic carbocycles. The average molecular weight is 299 g/mol. The predicted molar refractivity (Wildman–Crippen MR) is 73.4 cm³/mol. The van der Waals surface area contributed by atoms with Gasteiger partial charge in [0, 0.05) is 16.6 Å². The molecule has 0 fully saturated rings. The number of halogens is 1. The van der Waals surface area contributed by atoms with Gasteiger partial charge in [0.15, 0.2) is 5.78 Å². The Hall–Kier alpha value is -0.670. The molecule has 0 saturated heterocycles. The van der Waals surface area contributed by atoms with E-state index in [4.69, 9.17) is 4.74 Å². The lowest BCUT2D eigenvalue weighted by Crippen LogP contribution is -2.14. The van der Waals surface area contributed by atoms with Gasteiger partial charge >= 0.3 is 0 Å². The summed E-state index contributed by atoms with van der Waals surface area (Å²) < 4.78 is 6.37. The van der Waals surface area contributed by atoms with E-state index in [1.807, 2.05) is 12.1 Å². The molecule has 3 heteroatoms. The smallest absolute Gasteiger partial charge is 0.188 e. The Labute approximate surface area is 111 Å². The van der Waals surface area contributed by atoms with E-state index in [-0.39, 0.29) is 17.8 Å². The number of carbonyl (C=O) groups is 1. The maximum absolute atomic E-state index is 11.7. The van der Waals surface area contributed by atoms with Crippen LogP contribution in [0.5, 0.6) is 0 Å². The quantitative estimate of drug-likeness (QED) is 0.605. The minimum atomic E-state index is 0.0337. The maximum Gasteiger partial charge on any atom is 0.188 e. The summed E-state index contributed by atoms with van der Waals surface area (Å²) >= 11 is 3.34. The highest BCUT2D eigenvalue weighted by Gasteiger charge is 2.11. The number of carbonyl (C=O) groups excluding carboxylic acids is 1. The highest BCUT2D eigenvalue weighted by molar-refractivity contribution is 9.10. The summed E-state index contributed by atoms with van der Waals surface area (Å²) in [5.74, 6) is 0.0337. The van der Waals surface area contributed by atoms with Gasteiger partial charge in [-0.25, -0.2) is 0 Å². The maximum atomic E-state index is 11.7. The van der Waals surface area contributed by atoms with Gasteiger partial charge in [0.05, 0.1) is 0 Å². The molecule has 17 heavy (non-hydrogen) atoms. The predicted octanol–water partition coefficient (Wildman–Crippen LogP) is 4.08. The van der Waals surface area contributed by atoms with Crippen molar-refractivity contribution >= 4 is 21.7 Å². The molecule has 0 saturated carbocycles. The second-order valence-corrected chi connectivity index (χ2v) is 6.21. The summed E-state index contributed by atoms with van der Waals surface area (Å²) in [5.41, 5.74) is 0.949. The van der Waals surface area contributed by atoms with Crippen molar-refractivity contribution in [1.29, 1.82) is 0 Å². The number of ketones is 1. The molecule has 1 rings (SSSR count). The average Bonchev–Trinajstić information content (AvgIpc) is 2.24. The molecule has 0 aliphatic heterocycles. The first-order chi connectivity index (χ1) is 7.88. The van der Waals surface area contributed by atoms with Gasteiger partial charge in [-0.3, -0.25) is 4.79 Å². The molecule has 1 aromatic rings. The summed E-state index contributed by atoms with van der Waals surface area (Å²) in [4.78, 5) is 11.7. The zero-order valence-corrected chi connectivity index (χ0v) is 12.2. The van der Waals surface area contributed by atoms with Crippen LogP contribution in [0.15, 0.2) is 28.7 Å². The molecule has 0 bridgehead atoms. The first-order valence-electron chi connectivity index (χ1n) is 5.75. The molecular weight excluding hydrogens is 280 g/mol. The highest BCUT2D eigenvalue weighted by atomic mass is 79.9. The summed E-state index contributed by atoms with van der Waals surface area (Å²) in [5, 5.41) is 0. The van der Waals surface area contributed by atoms with Crippen LogP contribution in [0.1, 0.15) is 37.6 Å². The third-order valence-corrected chi connectivity index (χ3v) is 2.92. The zero-order valence-electron chi connectivity index (χ0n) is 10.6. The van der Waals surface area contributed by atoms with Crippen LogP contribution in [-0.2, 0) is 4.74 Å². The number of rotatable bonds is 5. The van der Waals surface area contributed by atoms with Crippen molar-refractivity contribution in [3.05, 3.63) is 34.3 Å². The van der Waals surface area contributed by atoms with Crippen LogP contribution in [0.25, 0.3) is 0 Å². The Morgan fingerprint density at radius 2 is 1.82 bits per heavy atom. The fourth-order valence-electron chi connectivity index (χ4n) is 1.26. The van der Waals surface area contributed by atoms with E-state index in [0.717, 1.165) is 10.9 Å². The molecule has 0 radical (unpaired) electrons. The minimum absolute atomic E-state index is 0.0337. The lowest BCUT2D eigenvalue weighted by atomic mass is 9.93. The van der Waals surface area contributed by atoms with Gasteiger partial charge in [-0.2, -0.15) is 0 Å². The standard InChI is InChI=1S/C14H19BrO2/c1-14(2,3)8-9-17-10-13(16)11-4-6-12(15)7-5-11/h4-7H,8-10H2,1-3H3. The van der Waals surface area contributed by atoms with Crippen molar-refractivity contribution in [2.75, 3.05) is 13.2 Å². The van der Waals surface area contributed by atoms with E-state index in [9.17, 15) is 4.79 Å². The SMILES string of the molecule is CC(C)(C)CCOCC(=O)c1ccc(Br)cc1. The normalized spacial score (nSPS) is 11.5. The van der Waals surface area contributed by atoms with E-state index >= 15 is 0 Å². The van der Waals surface area contributed by atoms with Crippen molar-refractivity contribution in [2.45, 2.75) is 27.2 Å². The fourth-order valence-corrected chi connectivity index (χ4v) is 1.53. The number of hydrogen-bond donors (Lipinski definition) is 0. The molecule has 0 N–H and O–H groups in total. The second kappa shape index (κ2) is 6.31. The third kappa shape index (κ3) is 5.99. The molecule has 0 aliphatic carbocycles. The van der Waals surface area contributed by atoms with Gasteiger partial charge in [-0.1, -0.05) is 48.8 Å². The molecule has 0 heterocycles. The molecule has 94 valence electrons. The molecule has 0 aromatic heterocycles. The van der Waals surface area contributed by atoms with Crippen LogP contribution in [0.3, 0.4) is 0 Å². The molecule has 0 spiro atoms. The van der Waals surface area contributed by atoms with Crippen LogP contribution in [0.4, 0.5) is 0 Å². The fraction of sp³-hybridized carbons (Fsp3) is 0.500. The van der Waals surface area contributed by atoms with Crippen LogP contribution in [-0.4, -0.2) is 19.0 Å². The van der Waals surface area contributed by atoms with Gasteiger partial charge in [0.2, 0.25) is 0 Å². The van der Waals surface area contributed by atoms with Crippen LogP contribution >= 0.6 is 15.9 Å². The number of Topliss-reactive ketones (excluding diaryl/α,β-unsaturated/α-hetero) is 1. The topological polar surface area (TPSA) is 26.3 Å². The Morgan fingerprint density at radius 1 is 1.24 bits per heavy atom. The number of benzene rings is 1. The van der Waals surface area contributed by atoms with Crippen molar-refractivity contribution < 1.29 is 9.53 Å². The Balaban J connectivity index is 2.33. The Bertz CT molecular complexity index is 363. The van der Waals surface area contributed by atoms with E-state index in [1.165, 1.54) is 0 Å². The van der Waals surface area contributed by atoms with Gasteiger partial charge in [-0.05, 0) is 24.0 Å². The van der Waals surface area contributed by atoms with Crippen LogP contribution < -0.4 is 0 Å². The number of hydrogen-bond acceptors (Lipinski definition) is 2. The van der Waals surface area contributed by atoms with Crippen molar-refractivity contribution in [2.24, 2.45) is 5.41 Å². The van der Waals surface area contributed by atoms with Gasteiger partial charge < -0.3 is 4.74 Å². The summed E-state index contributed by atoms with van der Waals surface area (Å²) in [6.07, 6.45) is 0.959. The van der Waals surface area contributed by atoms with Crippen molar-refractivity contribution in [1.82, 2.24) is 0 Å². The Kier molecular flexibility index (Phi) is 5.34. The van der Waals surface area contributed by atoms with Crippen molar-refractivity contribution in [3.63, 3.8) is 0 Å². The summed E-state index contributed by atoms with van der Waals surface area (Å²) in [6.45, 7) is 7.27. The largest absolute Gasteiger partial charge is 0.373 e. The van der Waals surface area contributed by atoms with Crippen LogP contribution in [0, 0.1) is 5.41 Å². The van der Waals surface area contributed by atoms with Crippen molar-refractivity contribution in [3.8, 4) is 0 Å². The molecular formula is C14H19BrO2. The number of ether oxygens (including phenoxy) is 1. The lowest BCUT2D eigenvalue weighted by molar-refractivity contribution is 0.0705.